The smallest absolute Gasteiger partial charge is 0.255 e. The number of hydrogen-bond acceptors (Lipinski definition) is 5. The molecule has 2 aliphatic rings. The van der Waals surface area contributed by atoms with Gasteiger partial charge in [-0.15, -0.1) is 0 Å². The van der Waals surface area contributed by atoms with E-state index in [9.17, 15) is 14.0 Å². The Balaban J connectivity index is 1.59. The monoisotopic (exact) mass is 398 g/mol. The summed E-state index contributed by atoms with van der Waals surface area (Å²) in [5.74, 6) is -0.0724. The number of benzene rings is 1. The van der Waals surface area contributed by atoms with Crippen LogP contribution >= 0.6 is 0 Å². The Morgan fingerprint density at radius 2 is 2.07 bits per heavy atom. The highest BCUT2D eigenvalue weighted by atomic mass is 19.1. The minimum Gasteiger partial charge on any atom is -0.384 e. The quantitative estimate of drug-likeness (QED) is 0.847. The third-order valence-electron chi connectivity index (χ3n) is 5.76. The Bertz CT molecular complexity index is 920. The number of carbonyl (C=O) groups excluding carboxylic acids is 2. The van der Waals surface area contributed by atoms with Gasteiger partial charge in [-0.1, -0.05) is 12.1 Å². The Kier molecular flexibility index (Phi) is 5.19. The van der Waals surface area contributed by atoms with Crippen LogP contribution in [0, 0.1) is 17.7 Å². The molecule has 3 atom stereocenters. The third-order valence-corrected chi connectivity index (χ3v) is 5.76. The van der Waals surface area contributed by atoms with Gasteiger partial charge >= 0.3 is 0 Å². The van der Waals surface area contributed by atoms with E-state index in [-0.39, 0.29) is 42.1 Å². The summed E-state index contributed by atoms with van der Waals surface area (Å²) >= 11 is 0. The molecule has 1 aromatic heterocycles. The second-order valence-corrected chi connectivity index (χ2v) is 7.58. The Hall–Kier alpha value is -3.00. The molecule has 0 spiro atoms. The van der Waals surface area contributed by atoms with E-state index >= 15 is 0 Å². The molecule has 152 valence electrons. The topological polar surface area (TPSA) is 88.8 Å². The molecule has 4 rings (SSSR count). The molecule has 3 heterocycles. The molecule has 2 aromatic rings. The molecule has 2 fully saturated rings. The molecule has 0 saturated carbocycles. The molecule has 2 N–H and O–H groups in total. The summed E-state index contributed by atoms with van der Waals surface area (Å²) in [5, 5.41) is 0. The van der Waals surface area contributed by atoms with E-state index in [1.54, 1.807) is 28.0 Å². The zero-order chi connectivity index (χ0) is 20.5. The molecule has 1 aromatic carbocycles. The number of aromatic nitrogens is 1. The van der Waals surface area contributed by atoms with Crippen LogP contribution in [0.15, 0.2) is 42.6 Å². The number of nitrogen functional groups attached to an aromatic ring is 1. The second-order valence-electron chi connectivity index (χ2n) is 7.58. The predicted octanol–water partition coefficient (Wildman–Crippen LogP) is 1.72. The molecule has 0 aliphatic carbocycles. The van der Waals surface area contributed by atoms with E-state index < -0.39 is 0 Å². The van der Waals surface area contributed by atoms with Crippen LogP contribution in [0.4, 0.5) is 10.2 Å². The van der Waals surface area contributed by atoms with Gasteiger partial charge in [0.05, 0.1) is 11.6 Å². The molecular weight excluding hydrogens is 375 g/mol. The second kappa shape index (κ2) is 7.79. The number of likely N-dealkylation sites (tertiary alicyclic amines) is 2. The maximum Gasteiger partial charge on any atom is 0.255 e. The summed E-state index contributed by atoms with van der Waals surface area (Å²) < 4.78 is 18.9. The van der Waals surface area contributed by atoms with Crippen LogP contribution in [0.3, 0.4) is 0 Å². The number of amides is 2. The van der Waals surface area contributed by atoms with Gasteiger partial charge in [0.15, 0.2) is 0 Å². The Labute approximate surface area is 168 Å². The average Bonchev–Trinajstić information content (AvgIpc) is 3.26. The summed E-state index contributed by atoms with van der Waals surface area (Å²) in [4.78, 5) is 33.1. The highest BCUT2D eigenvalue weighted by Gasteiger charge is 2.50. The van der Waals surface area contributed by atoms with Crippen LogP contribution in [0.2, 0.25) is 0 Å². The van der Waals surface area contributed by atoms with Crippen LogP contribution < -0.4 is 5.73 Å². The van der Waals surface area contributed by atoms with Crippen molar-refractivity contribution in [1.82, 2.24) is 14.8 Å². The van der Waals surface area contributed by atoms with Crippen molar-refractivity contribution in [2.24, 2.45) is 11.8 Å². The lowest BCUT2D eigenvalue weighted by atomic mass is 9.89. The zero-order valence-corrected chi connectivity index (χ0v) is 16.1. The van der Waals surface area contributed by atoms with Gasteiger partial charge < -0.3 is 20.3 Å². The minimum absolute atomic E-state index is 0.0228. The number of rotatable bonds is 4. The maximum absolute atomic E-state index is 13.9. The van der Waals surface area contributed by atoms with Gasteiger partial charge in [-0.3, -0.25) is 9.59 Å². The van der Waals surface area contributed by atoms with E-state index in [2.05, 4.69) is 4.98 Å². The van der Waals surface area contributed by atoms with Crippen molar-refractivity contribution in [1.29, 1.82) is 0 Å². The minimum atomic E-state index is -0.344. The summed E-state index contributed by atoms with van der Waals surface area (Å²) in [6, 6.07) is 9.31. The number of hydrogen-bond donors (Lipinski definition) is 1. The first kappa shape index (κ1) is 19.3. The number of nitrogens with zero attached hydrogens (tertiary/aromatic N) is 3. The molecular formula is C21H23FN4O3. The van der Waals surface area contributed by atoms with Crippen LogP contribution in [0.1, 0.15) is 22.0 Å². The lowest BCUT2D eigenvalue weighted by Gasteiger charge is -2.30. The van der Waals surface area contributed by atoms with Crippen molar-refractivity contribution in [3.05, 3.63) is 59.5 Å². The standard InChI is InChI=1S/C21H23FN4O3/c1-29-12-19(27)26-10-15-9-25(21(28)14-5-6-18(23)24-8-14)11-17(15)20(26)13-3-2-4-16(22)7-13/h2-8,15,17,20H,9-12H2,1H3,(H2,23,24)/t15-,17-,20+/m1/s1. The van der Waals surface area contributed by atoms with Gasteiger partial charge in [-0.2, -0.15) is 0 Å². The molecule has 2 saturated heterocycles. The molecule has 29 heavy (non-hydrogen) atoms. The fourth-order valence-electron chi connectivity index (χ4n) is 4.51. The third kappa shape index (κ3) is 3.67. The summed E-state index contributed by atoms with van der Waals surface area (Å²) in [7, 11) is 1.48. The van der Waals surface area contributed by atoms with E-state index in [4.69, 9.17) is 10.5 Å². The molecule has 8 heteroatoms. The number of nitrogens with two attached hydrogens (primary N) is 1. The number of fused-ring (bicyclic) bond motifs is 1. The molecule has 2 aliphatic heterocycles. The van der Waals surface area contributed by atoms with Gasteiger partial charge in [0.2, 0.25) is 5.91 Å². The normalized spacial score (nSPS) is 23.3. The first-order valence-corrected chi connectivity index (χ1v) is 9.52. The lowest BCUT2D eigenvalue weighted by molar-refractivity contribution is -0.136. The first-order valence-electron chi connectivity index (χ1n) is 9.52. The van der Waals surface area contributed by atoms with Gasteiger partial charge in [0.25, 0.3) is 5.91 Å². The van der Waals surface area contributed by atoms with Crippen LogP contribution in [0.25, 0.3) is 0 Å². The lowest BCUT2D eigenvalue weighted by Crippen LogP contribution is -2.39. The average molecular weight is 398 g/mol. The first-order chi connectivity index (χ1) is 14.0. The number of halogens is 1. The fraction of sp³-hybridized carbons (Fsp3) is 0.381. The summed E-state index contributed by atoms with van der Waals surface area (Å²) in [5.41, 5.74) is 6.83. The summed E-state index contributed by atoms with van der Waals surface area (Å²) in [6.45, 7) is 1.52. The largest absolute Gasteiger partial charge is 0.384 e. The summed E-state index contributed by atoms with van der Waals surface area (Å²) in [6.07, 6.45) is 1.48. The fourth-order valence-corrected chi connectivity index (χ4v) is 4.51. The van der Waals surface area contributed by atoms with Crippen molar-refractivity contribution in [3.63, 3.8) is 0 Å². The molecule has 2 amide bonds. The zero-order valence-electron chi connectivity index (χ0n) is 16.1. The van der Waals surface area contributed by atoms with E-state index in [1.807, 2.05) is 6.07 Å². The van der Waals surface area contributed by atoms with Crippen molar-refractivity contribution in [2.75, 3.05) is 39.1 Å². The number of carbonyl (C=O) groups is 2. The van der Waals surface area contributed by atoms with Crippen LogP contribution in [0.5, 0.6) is 0 Å². The van der Waals surface area contributed by atoms with E-state index in [0.717, 1.165) is 5.56 Å². The molecule has 0 radical (unpaired) electrons. The molecule has 0 unspecified atom stereocenters. The molecule has 0 bridgehead atoms. The molecule has 7 nitrogen and oxygen atoms in total. The maximum atomic E-state index is 13.9. The number of pyridine rings is 1. The van der Waals surface area contributed by atoms with Gasteiger partial charge in [0.1, 0.15) is 18.2 Å². The number of ether oxygens (including phenoxy) is 1. The van der Waals surface area contributed by atoms with Crippen molar-refractivity contribution >= 4 is 17.6 Å². The van der Waals surface area contributed by atoms with Crippen molar-refractivity contribution in [3.8, 4) is 0 Å². The number of methoxy groups -OCH3 is 1. The van der Waals surface area contributed by atoms with E-state index in [1.165, 1.54) is 25.4 Å². The highest BCUT2D eigenvalue weighted by Crippen LogP contribution is 2.45. The van der Waals surface area contributed by atoms with Crippen molar-refractivity contribution in [2.45, 2.75) is 6.04 Å². The SMILES string of the molecule is COCC(=O)N1C[C@H]2CN(C(=O)c3ccc(N)nc3)C[C@H]2[C@@H]1c1cccc(F)c1. The Morgan fingerprint density at radius 1 is 1.24 bits per heavy atom. The van der Waals surface area contributed by atoms with Gasteiger partial charge in [0, 0.05) is 44.8 Å². The highest BCUT2D eigenvalue weighted by molar-refractivity contribution is 5.94. The number of anilines is 1. The van der Waals surface area contributed by atoms with Gasteiger partial charge in [-0.25, -0.2) is 9.37 Å². The van der Waals surface area contributed by atoms with E-state index in [0.29, 0.717) is 31.0 Å². The van der Waals surface area contributed by atoms with Crippen molar-refractivity contribution < 1.29 is 18.7 Å². The van der Waals surface area contributed by atoms with Crippen LogP contribution in [-0.4, -0.2) is 59.9 Å². The van der Waals surface area contributed by atoms with Gasteiger partial charge in [-0.05, 0) is 29.8 Å². The predicted molar refractivity (Wildman–Crippen MR) is 104 cm³/mol. The Morgan fingerprint density at radius 3 is 2.76 bits per heavy atom. The van der Waals surface area contributed by atoms with Crippen LogP contribution in [-0.2, 0) is 9.53 Å².